The molecule has 0 spiro atoms. The Morgan fingerprint density at radius 2 is 1.50 bits per heavy atom. The van der Waals surface area contributed by atoms with Crippen LogP contribution in [0.25, 0.3) is 0 Å². The van der Waals surface area contributed by atoms with Crippen molar-refractivity contribution in [2.45, 2.75) is 157 Å². The summed E-state index contributed by atoms with van der Waals surface area (Å²) < 4.78 is 62.7. The predicted molar refractivity (Wildman–Crippen MR) is 219 cm³/mol. The highest BCUT2D eigenvalue weighted by atomic mass is 32.2. The van der Waals surface area contributed by atoms with Crippen molar-refractivity contribution in [2.24, 2.45) is 0 Å². The number of methoxy groups -OCH3 is 2. The van der Waals surface area contributed by atoms with E-state index >= 15 is 13.2 Å². The summed E-state index contributed by atoms with van der Waals surface area (Å²) in [5.41, 5.74) is -0.503. The van der Waals surface area contributed by atoms with Crippen LogP contribution in [0.2, 0.25) is 34.8 Å². The highest BCUT2D eigenvalue weighted by molar-refractivity contribution is 7.92. The third kappa shape index (κ3) is 6.87. The van der Waals surface area contributed by atoms with Crippen molar-refractivity contribution < 1.29 is 51.0 Å². The number of sulfone groups is 1. The molecule has 15 heteroatoms. The minimum atomic E-state index is -4.43. The van der Waals surface area contributed by atoms with E-state index in [1.54, 1.807) is 30.3 Å². The first kappa shape index (κ1) is 43.7. The van der Waals surface area contributed by atoms with Gasteiger partial charge in [0.05, 0.1) is 31.1 Å². The molecule has 6 atom stereocenters. The maximum Gasteiger partial charge on any atom is 0.326 e. The standard InChI is InChI=1S/C41H61NO11SSi2/c1-23(2)56(24(3)4,25(5)6)52-32-20-28-27(19-31(32)50-12)36-33(51-26(7)43)21-35(54(47,48)34-18-16-15-17-30(34)49-11)41(53-55(13,14)40(8,9)10)22-29(39(45)46)42(37(36)41)38(28)44/h15-20,23-25,29,33,35-37H,21-22H2,1-14H3,(H,45,46)/t29-,33+,35-,36+,37+,41+/m0/s1. The molecule has 2 aromatic carbocycles. The molecule has 2 heterocycles. The SMILES string of the molecule is COc1cc2c(cc1O[Si](C(C)C)(C(C)C)C(C)C)C(=O)N1[C@H](C(=O)O)C[C@]3(O[Si](C)(C)C(C)(C)C)[C@H]1[C@H]2[C@H](OC(C)=O)C[C@@H]3S(=O)(=O)c1ccccc1OC. The molecule has 1 aliphatic carbocycles. The van der Waals surface area contributed by atoms with Crippen LogP contribution in [0.3, 0.4) is 0 Å². The van der Waals surface area contributed by atoms with Crippen LogP contribution >= 0.6 is 0 Å². The molecule has 3 aliphatic rings. The van der Waals surface area contributed by atoms with E-state index in [2.05, 4.69) is 41.5 Å². The van der Waals surface area contributed by atoms with E-state index in [4.69, 9.17) is 23.1 Å². The van der Waals surface area contributed by atoms with E-state index in [0.29, 0.717) is 17.1 Å². The Bertz CT molecular complexity index is 1950. The Morgan fingerprint density at radius 1 is 0.929 bits per heavy atom. The van der Waals surface area contributed by atoms with E-state index in [0.717, 1.165) is 0 Å². The second-order valence-electron chi connectivity index (χ2n) is 18.1. The molecule has 2 aromatic rings. The van der Waals surface area contributed by atoms with E-state index < -0.39 is 84.3 Å². The molecule has 1 saturated heterocycles. The number of nitrogens with zero attached hydrogens (tertiary/aromatic N) is 1. The van der Waals surface area contributed by atoms with Gasteiger partial charge in [-0.1, -0.05) is 74.4 Å². The molecule has 56 heavy (non-hydrogen) atoms. The number of esters is 1. The second kappa shape index (κ2) is 15.1. The number of fused-ring (bicyclic) bond motifs is 2. The highest BCUT2D eigenvalue weighted by Gasteiger charge is 2.73. The second-order valence-corrected chi connectivity index (χ2v) is 30.3. The fraction of sp³-hybridized carbons (Fsp3) is 0.634. The van der Waals surface area contributed by atoms with Crippen molar-refractivity contribution in [1.82, 2.24) is 4.90 Å². The van der Waals surface area contributed by atoms with Crippen LogP contribution in [-0.4, -0.2) is 96.2 Å². The summed E-state index contributed by atoms with van der Waals surface area (Å²) in [4.78, 5) is 42.8. The summed E-state index contributed by atoms with van der Waals surface area (Å²) in [5.74, 6) is -2.55. The normalized spacial score (nSPS) is 25.3. The minimum absolute atomic E-state index is 0.102. The molecule has 1 N–H and O–H groups in total. The van der Waals surface area contributed by atoms with Crippen LogP contribution in [0.15, 0.2) is 41.3 Å². The third-order valence-corrected chi connectivity index (χ3v) is 25.9. The molecule has 0 radical (unpaired) electrons. The lowest BCUT2D eigenvalue weighted by Gasteiger charge is -2.57. The van der Waals surface area contributed by atoms with Gasteiger partial charge in [-0.3, -0.25) is 9.59 Å². The Kier molecular flexibility index (Phi) is 11.8. The number of amides is 1. The molecule has 0 unspecified atom stereocenters. The lowest BCUT2D eigenvalue weighted by Crippen LogP contribution is -2.70. The summed E-state index contributed by atoms with van der Waals surface area (Å²) in [6.07, 6.45) is -1.63. The fourth-order valence-corrected chi connectivity index (χ4v) is 19.0. The predicted octanol–water partition coefficient (Wildman–Crippen LogP) is 7.96. The van der Waals surface area contributed by atoms with Crippen LogP contribution in [0.5, 0.6) is 17.2 Å². The quantitative estimate of drug-likeness (QED) is 0.154. The topological polar surface area (TPSA) is 155 Å². The van der Waals surface area contributed by atoms with E-state index in [1.807, 2.05) is 33.9 Å². The number of carbonyl (C=O) groups excluding carboxylic acids is 2. The summed E-state index contributed by atoms with van der Waals surface area (Å²) in [7, 11) is -7.09. The smallest absolute Gasteiger partial charge is 0.326 e. The van der Waals surface area contributed by atoms with Crippen molar-refractivity contribution in [3.05, 3.63) is 47.5 Å². The van der Waals surface area contributed by atoms with Crippen LogP contribution in [0, 0.1) is 0 Å². The Labute approximate surface area is 334 Å². The van der Waals surface area contributed by atoms with Gasteiger partial charge < -0.3 is 33.1 Å². The highest BCUT2D eigenvalue weighted by Crippen LogP contribution is 2.61. The molecule has 12 nitrogen and oxygen atoms in total. The summed E-state index contributed by atoms with van der Waals surface area (Å²) >= 11 is 0. The first-order valence-corrected chi connectivity index (χ1v) is 26.1. The van der Waals surface area contributed by atoms with Crippen molar-refractivity contribution in [3.63, 3.8) is 0 Å². The number of aliphatic carboxylic acids is 1. The number of carboxylic acid groups (broad SMARTS) is 1. The lowest BCUT2D eigenvalue weighted by molar-refractivity contribution is -0.154. The summed E-state index contributed by atoms with van der Waals surface area (Å²) in [6, 6.07) is 7.03. The number of hydrogen-bond donors (Lipinski definition) is 1. The Balaban J connectivity index is 1.88. The first-order valence-electron chi connectivity index (χ1n) is 19.5. The Hall–Kier alpha value is -3.41. The molecule has 1 amide bonds. The van der Waals surface area contributed by atoms with Gasteiger partial charge in [0.15, 0.2) is 23.9 Å². The maximum absolute atomic E-state index is 15.3. The van der Waals surface area contributed by atoms with E-state index in [1.165, 1.54) is 32.1 Å². The zero-order valence-corrected chi connectivity index (χ0v) is 38.2. The van der Waals surface area contributed by atoms with E-state index in [9.17, 15) is 14.7 Å². The van der Waals surface area contributed by atoms with Crippen molar-refractivity contribution >= 4 is 44.3 Å². The number of hydrogen-bond acceptors (Lipinski definition) is 10. The van der Waals surface area contributed by atoms with Crippen LogP contribution < -0.4 is 13.9 Å². The fourth-order valence-electron chi connectivity index (χ4n) is 9.84. The molecule has 0 bridgehead atoms. The Morgan fingerprint density at radius 3 is 2.00 bits per heavy atom. The van der Waals surface area contributed by atoms with Gasteiger partial charge in [-0.05, 0) is 64.6 Å². The average Bonchev–Trinajstić information content (AvgIpc) is 3.43. The number of carboxylic acids is 1. The number of rotatable bonds is 13. The molecule has 2 aliphatic heterocycles. The van der Waals surface area contributed by atoms with Gasteiger partial charge in [0, 0.05) is 31.2 Å². The zero-order chi connectivity index (χ0) is 42.1. The van der Waals surface area contributed by atoms with Gasteiger partial charge in [-0.25, -0.2) is 13.2 Å². The van der Waals surface area contributed by atoms with Gasteiger partial charge in [0.2, 0.25) is 0 Å². The van der Waals surface area contributed by atoms with Gasteiger partial charge in [-0.2, -0.15) is 0 Å². The lowest BCUT2D eigenvalue weighted by atomic mass is 9.67. The maximum atomic E-state index is 15.3. The number of carbonyl (C=O) groups is 3. The largest absolute Gasteiger partial charge is 0.540 e. The number of benzene rings is 2. The zero-order valence-electron chi connectivity index (χ0n) is 35.4. The molecule has 1 saturated carbocycles. The average molecular weight is 832 g/mol. The van der Waals surface area contributed by atoms with Gasteiger partial charge in [0.1, 0.15) is 28.5 Å². The minimum Gasteiger partial charge on any atom is -0.540 e. The van der Waals surface area contributed by atoms with Crippen molar-refractivity contribution in [2.75, 3.05) is 14.2 Å². The molecule has 2 fully saturated rings. The summed E-state index contributed by atoms with van der Waals surface area (Å²) in [5, 5.41) is 9.07. The van der Waals surface area contributed by atoms with Gasteiger partial charge >= 0.3 is 11.9 Å². The first-order chi connectivity index (χ1) is 25.8. The van der Waals surface area contributed by atoms with E-state index in [-0.39, 0.29) is 45.7 Å². The molecule has 5 rings (SSSR count). The van der Waals surface area contributed by atoms with Crippen LogP contribution in [0.4, 0.5) is 0 Å². The molecular formula is C41H61NO11SSi2. The number of ether oxygens (including phenoxy) is 3. The van der Waals surface area contributed by atoms with Gasteiger partial charge in [0.25, 0.3) is 14.2 Å². The van der Waals surface area contributed by atoms with Crippen LogP contribution in [0.1, 0.15) is 104 Å². The number of para-hydroxylation sites is 1. The van der Waals surface area contributed by atoms with Crippen molar-refractivity contribution in [3.8, 4) is 17.2 Å². The third-order valence-electron chi connectivity index (χ3n) is 13.1. The van der Waals surface area contributed by atoms with Gasteiger partial charge in [-0.15, -0.1) is 0 Å². The van der Waals surface area contributed by atoms with Crippen LogP contribution in [-0.2, 0) is 28.6 Å². The monoisotopic (exact) mass is 831 g/mol. The summed E-state index contributed by atoms with van der Waals surface area (Å²) in [6.45, 7) is 24.2. The molecule has 310 valence electrons. The molecule has 0 aromatic heterocycles. The van der Waals surface area contributed by atoms with Crippen molar-refractivity contribution in [1.29, 1.82) is 0 Å². The molecular weight excluding hydrogens is 771 g/mol.